The second-order valence-electron chi connectivity index (χ2n) is 3.00. The minimum Gasteiger partial charge on any atom is -0.383 e. The van der Waals surface area contributed by atoms with Crippen LogP contribution in [-0.4, -0.2) is 9.97 Å². The van der Waals surface area contributed by atoms with Crippen molar-refractivity contribution in [3.63, 3.8) is 0 Å². The average Bonchev–Trinajstić information content (AvgIpc) is 2.28. The zero-order chi connectivity index (χ0) is 11.5. The van der Waals surface area contributed by atoms with Crippen molar-refractivity contribution in [3.05, 3.63) is 35.6 Å². The third kappa shape index (κ3) is 2.20. The topological polar surface area (TPSA) is 77.8 Å². The Labute approximate surface area is 102 Å². The zero-order valence-electron chi connectivity index (χ0n) is 8.22. The summed E-state index contributed by atoms with van der Waals surface area (Å²) >= 11 is 7.44. The molecule has 4 N–H and O–H groups in total. The standard InChI is InChI=1S/C10H9ClN4S/c11-8-6(3-5-15-10(8)13)16-7-2-1-4-14-9(7)12/h1-5H,(H2,12,14)(H2,13,15). The second-order valence-corrected chi connectivity index (χ2v) is 4.46. The van der Waals surface area contributed by atoms with Gasteiger partial charge in [-0.15, -0.1) is 0 Å². The Morgan fingerprint density at radius 3 is 2.50 bits per heavy atom. The molecule has 0 fully saturated rings. The van der Waals surface area contributed by atoms with Gasteiger partial charge >= 0.3 is 0 Å². The maximum absolute atomic E-state index is 6.03. The summed E-state index contributed by atoms with van der Waals surface area (Å²) in [7, 11) is 0. The van der Waals surface area contributed by atoms with Gasteiger partial charge in [0, 0.05) is 17.3 Å². The number of hydrogen-bond acceptors (Lipinski definition) is 5. The molecule has 0 aliphatic rings. The second kappa shape index (κ2) is 4.59. The summed E-state index contributed by atoms with van der Waals surface area (Å²) in [6, 6.07) is 5.48. The van der Waals surface area contributed by atoms with E-state index in [4.69, 9.17) is 23.1 Å². The Balaban J connectivity index is 2.35. The van der Waals surface area contributed by atoms with E-state index < -0.39 is 0 Å². The van der Waals surface area contributed by atoms with Gasteiger partial charge in [-0.2, -0.15) is 0 Å². The van der Waals surface area contributed by atoms with Gasteiger partial charge in [-0.1, -0.05) is 23.4 Å². The number of halogens is 1. The van der Waals surface area contributed by atoms with E-state index in [0.717, 1.165) is 9.79 Å². The molecule has 2 rings (SSSR count). The van der Waals surface area contributed by atoms with Crippen molar-refractivity contribution in [2.24, 2.45) is 0 Å². The monoisotopic (exact) mass is 252 g/mol. The molecule has 16 heavy (non-hydrogen) atoms. The fourth-order valence-corrected chi connectivity index (χ4v) is 2.22. The number of aromatic nitrogens is 2. The lowest BCUT2D eigenvalue weighted by atomic mass is 10.4. The summed E-state index contributed by atoms with van der Waals surface area (Å²) in [5, 5.41) is 0.441. The Bertz CT molecular complexity index is 518. The van der Waals surface area contributed by atoms with Crippen LogP contribution in [0.2, 0.25) is 5.02 Å². The number of nitrogens with two attached hydrogens (primary N) is 2. The molecule has 0 saturated heterocycles. The van der Waals surface area contributed by atoms with E-state index in [0.29, 0.717) is 16.7 Å². The molecule has 0 aliphatic carbocycles. The largest absolute Gasteiger partial charge is 0.383 e. The Morgan fingerprint density at radius 1 is 1.00 bits per heavy atom. The molecule has 82 valence electrons. The van der Waals surface area contributed by atoms with Crippen molar-refractivity contribution in [2.75, 3.05) is 11.5 Å². The quantitative estimate of drug-likeness (QED) is 0.858. The molecule has 0 aromatic carbocycles. The van der Waals surface area contributed by atoms with Crippen LogP contribution in [-0.2, 0) is 0 Å². The minimum absolute atomic E-state index is 0.314. The summed E-state index contributed by atoms with van der Waals surface area (Å²) in [5.41, 5.74) is 11.3. The lowest BCUT2D eigenvalue weighted by Gasteiger charge is -2.06. The fourth-order valence-electron chi connectivity index (χ4n) is 1.13. The molecule has 0 atom stereocenters. The van der Waals surface area contributed by atoms with Crippen molar-refractivity contribution < 1.29 is 0 Å². The summed E-state index contributed by atoms with van der Waals surface area (Å²) in [6.07, 6.45) is 3.25. The highest BCUT2D eigenvalue weighted by Gasteiger charge is 2.08. The van der Waals surface area contributed by atoms with Crippen molar-refractivity contribution >= 4 is 35.0 Å². The van der Waals surface area contributed by atoms with E-state index in [1.165, 1.54) is 11.8 Å². The van der Waals surface area contributed by atoms with Gasteiger partial charge in [0.05, 0.1) is 9.92 Å². The highest BCUT2D eigenvalue weighted by molar-refractivity contribution is 7.99. The zero-order valence-corrected chi connectivity index (χ0v) is 9.79. The van der Waals surface area contributed by atoms with E-state index in [9.17, 15) is 0 Å². The van der Waals surface area contributed by atoms with Crippen LogP contribution < -0.4 is 11.5 Å². The number of hydrogen-bond donors (Lipinski definition) is 2. The van der Waals surface area contributed by atoms with Crippen LogP contribution in [0.1, 0.15) is 0 Å². The number of pyridine rings is 2. The molecule has 4 nitrogen and oxygen atoms in total. The van der Waals surface area contributed by atoms with E-state index in [1.807, 2.05) is 12.1 Å². The first-order valence-electron chi connectivity index (χ1n) is 4.47. The lowest BCUT2D eigenvalue weighted by molar-refractivity contribution is 1.24. The summed E-state index contributed by atoms with van der Waals surface area (Å²) in [6.45, 7) is 0. The summed E-state index contributed by atoms with van der Waals surface area (Å²) in [5.74, 6) is 0.785. The molecule has 0 saturated carbocycles. The van der Waals surface area contributed by atoms with Crippen LogP contribution in [0.15, 0.2) is 40.4 Å². The smallest absolute Gasteiger partial charge is 0.143 e. The molecule has 0 amide bonds. The van der Waals surface area contributed by atoms with Gasteiger partial charge < -0.3 is 11.5 Å². The van der Waals surface area contributed by atoms with Crippen molar-refractivity contribution in [1.82, 2.24) is 9.97 Å². The normalized spacial score (nSPS) is 10.3. The first-order chi connectivity index (χ1) is 7.68. The van der Waals surface area contributed by atoms with Crippen LogP contribution in [0.3, 0.4) is 0 Å². The Morgan fingerprint density at radius 2 is 1.75 bits per heavy atom. The van der Waals surface area contributed by atoms with Crippen LogP contribution in [0, 0.1) is 0 Å². The van der Waals surface area contributed by atoms with E-state index in [1.54, 1.807) is 18.5 Å². The van der Waals surface area contributed by atoms with E-state index >= 15 is 0 Å². The van der Waals surface area contributed by atoms with Gasteiger partial charge in [0.25, 0.3) is 0 Å². The van der Waals surface area contributed by atoms with Crippen LogP contribution >= 0.6 is 23.4 Å². The molecule has 6 heteroatoms. The molecule has 2 heterocycles. The molecular weight excluding hydrogens is 244 g/mol. The molecular formula is C10H9ClN4S. The van der Waals surface area contributed by atoms with Crippen LogP contribution in [0.4, 0.5) is 11.6 Å². The van der Waals surface area contributed by atoms with Gasteiger partial charge in [0.2, 0.25) is 0 Å². The molecule has 0 bridgehead atoms. The fraction of sp³-hybridized carbons (Fsp3) is 0. The van der Waals surface area contributed by atoms with Crippen molar-refractivity contribution in [1.29, 1.82) is 0 Å². The molecule has 0 unspecified atom stereocenters. The predicted molar refractivity (Wildman–Crippen MR) is 66.4 cm³/mol. The first-order valence-corrected chi connectivity index (χ1v) is 5.66. The Kier molecular flexibility index (Phi) is 3.17. The minimum atomic E-state index is 0.314. The summed E-state index contributed by atoms with van der Waals surface area (Å²) in [4.78, 5) is 9.54. The summed E-state index contributed by atoms with van der Waals surface area (Å²) < 4.78 is 0. The third-order valence-electron chi connectivity index (χ3n) is 1.90. The van der Waals surface area contributed by atoms with Gasteiger partial charge in [-0.25, -0.2) is 9.97 Å². The number of nitrogens with zero attached hydrogens (tertiary/aromatic N) is 2. The first kappa shape index (κ1) is 11.0. The van der Waals surface area contributed by atoms with Gasteiger partial charge in [0.1, 0.15) is 11.6 Å². The van der Waals surface area contributed by atoms with E-state index in [-0.39, 0.29) is 0 Å². The predicted octanol–water partition coefficient (Wildman–Crippen LogP) is 2.45. The Hall–Kier alpha value is -1.46. The molecule has 0 spiro atoms. The highest BCUT2D eigenvalue weighted by Crippen LogP contribution is 2.36. The molecule has 0 aliphatic heterocycles. The average molecular weight is 253 g/mol. The van der Waals surface area contributed by atoms with Crippen molar-refractivity contribution in [2.45, 2.75) is 9.79 Å². The SMILES string of the molecule is Nc1ncccc1Sc1ccnc(N)c1Cl. The van der Waals surface area contributed by atoms with Gasteiger partial charge in [-0.3, -0.25) is 0 Å². The van der Waals surface area contributed by atoms with Gasteiger partial charge in [0.15, 0.2) is 0 Å². The van der Waals surface area contributed by atoms with Crippen molar-refractivity contribution in [3.8, 4) is 0 Å². The molecule has 2 aromatic heterocycles. The maximum atomic E-state index is 6.03. The molecule has 0 radical (unpaired) electrons. The van der Waals surface area contributed by atoms with E-state index in [2.05, 4.69) is 9.97 Å². The maximum Gasteiger partial charge on any atom is 0.143 e. The highest BCUT2D eigenvalue weighted by atomic mass is 35.5. The van der Waals surface area contributed by atoms with Crippen LogP contribution in [0.25, 0.3) is 0 Å². The number of anilines is 2. The number of nitrogen functional groups attached to an aromatic ring is 2. The number of rotatable bonds is 2. The third-order valence-corrected chi connectivity index (χ3v) is 3.53. The molecule has 2 aromatic rings. The van der Waals surface area contributed by atoms with Gasteiger partial charge in [-0.05, 0) is 18.2 Å². The lowest BCUT2D eigenvalue weighted by Crippen LogP contribution is -1.94. The van der Waals surface area contributed by atoms with Crippen LogP contribution in [0.5, 0.6) is 0 Å².